The smallest absolute Gasteiger partial charge is 0.335 e. The van der Waals surface area contributed by atoms with Crippen LogP contribution in [0.5, 0.6) is 0 Å². The Labute approximate surface area is 114 Å². The van der Waals surface area contributed by atoms with Gasteiger partial charge in [-0.25, -0.2) is 4.79 Å². The number of alkyl halides is 1. The first-order valence-corrected chi connectivity index (χ1v) is 6.82. The van der Waals surface area contributed by atoms with Crippen LogP contribution in [-0.4, -0.2) is 16.4 Å². The fraction of sp³-hybridized carbons (Fsp3) is 0.133. The minimum atomic E-state index is -0.891. The van der Waals surface area contributed by atoms with Crippen molar-refractivity contribution >= 4 is 38.7 Å². The summed E-state index contributed by atoms with van der Waals surface area (Å²) in [6.07, 6.45) is 5.18. The molecule has 0 unspecified atom stereocenters. The lowest BCUT2D eigenvalue weighted by Crippen LogP contribution is -1.95. The topological polar surface area (TPSA) is 37.3 Å². The van der Waals surface area contributed by atoms with Crippen LogP contribution in [0, 0.1) is 0 Å². The van der Waals surface area contributed by atoms with Gasteiger partial charge in [-0.1, -0.05) is 46.3 Å². The van der Waals surface area contributed by atoms with E-state index in [-0.39, 0.29) is 0 Å². The van der Waals surface area contributed by atoms with Crippen LogP contribution in [0.1, 0.15) is 22.3 Å². The highest BCUT2D eigenvalue weighted by atomic mass is 79.9. The molecule has 0 aromatic heterocycles. The summed E-state index contributed by atoms with van der Waals surface area (Å²) in [4.78, 5) is 10.9. The molecule has 0 spiro atoms. The summed E-state index contributed by atoms with van der Waals surface area (Å²) in [7, 11) is 0. The van der Waals surface area contributed by atoms with Gasteiger partial charge < -0.3 is 5.11 Å². The van der Waals surface area contributed by atoms with Crippen molar-refractivity contribution in [2.24, 2.45) is 0 Å². The lowest BCUT2D eigenvalue weighted by molar-refractivity contribution is 0.0697. The number of halogens is 1. The Morgan fingerprint density at radius 3 is 2.61 bits per heavy atom. The number of carboxylic acid groups (broad SMARTS) is 1. The van der Waals surface area contributed by atoms with Crippen LogP contribution in [0.4, 0.5) is 0 Å². The molecular weight excluding hydrogens is 292 g/mol. The fourth-order valence-electron chi connectivity index (χ4n) is 1.78. The molecule has 0 aliphatic rings. The van der Waals surface area contributed by atoms with E-state index < -0.39 is 5.97 Å². The molecule has 1 N–H and O–H groups in total. The molecule has 0 amide bonds. The molecule has 0 aliphatic heterocycles. The highest BCUT2D eigenvalue weighted by Crippen LogP contribution is 2.19. The Morgan fingerprint density at radius 2 is 1.89 bits per heavy atom. The molecule has 0 atom stereocenters. The van der Waals surface area contributed by atoms with Crippen molar-refractivity contribution in [1.29, 1.82) is 0 Å². The highest BCUT2D eigenvalue weighted by molar-refractivity contribution is 9.09. The molecule has 2 aromatic rings. The fourth-order valence-corrected chi connectivity index (χ4v) is 2.05. The van der Waals surface area contributed by atoms with Gasteiger partial charge in [-0.2, -0.15) is 0 Å². The molecule has 3 heteroatoms. The molecule has 0 aliphatic carbocycles. The zero-order valence-corrected chi connectivity index (χ0v) is 11.4. The van der Waals surface area contributed by atoms with E-state index in [0.29, 0.717) is 5.56 Å². The summed E-state index contributed by atoms with van der Waals surface area (Å²) in [6.45, 7) is 0. The van der Waals surface area contributed by atoms with Crippen LogP contribution >= 0.6 is 15.9 Å². The van der Waals surface area contributed by atoms with Gasteiger partial charge in [-0.15, -0.1) is 0 Å². The lowest BCUT2D eigenvalue weighted by atomic mass is 10.0. The largest absolute Gasteiger partial charge is 0.478 e. The summed E-state index contributed by atoms with van der Waals surface area (Å²) in [6, 6.07) is 11.2. The number of hydrogen-bond acceptors (Lipinski definition) is 1. The third-order valence-corrected chi connectivity index (χ3v) is 3.16. The third-order valence-electron chi connectivity index (χ3n) is 2.70. The SMILES string of the molecule is O=C(O)c1ccc2cc(C=CCCBr)ccc2c1. The molecule has 0 saturated heterocycles. The molecule has 2 nitrogen and oxygen atoms in total. The van der Waals surface area contributed by atoms with Gasteiger partial charge in [0.15, 0.2) is 0 Å². The maximum absolute atomic E-state index is 10.9. The van der Waals surface area contributed by atoms with E-state index in [0.717, 1.165) is 28.1 Å². The number of hydrogen-bond donors (Lipinski definition) is 1. The van der Waals surface area contributed by atoms with E-state index in [2.05, 4.69) is 34.1 Å². The molecule has 0 bridgehead atoms. The van der Waals surface area contributed by atoms with Crippen molar-refractivity contribution in [3.05, 3.63) is 53.6 Å². The second-order valence-electron chi connectivity index (χ2n) is 4.01. The van der Waals surface area contributed by atoms with E-state index >= 15 is 0 Å². The first-order chi connectivity index (χ1) is 8.70. The number of allylic oxidation sites excluding steroid dienone is 1. The molecule has 0 fully saturated rings. The second-order valence-corrected chi connectivity index (χ2v) is 4.80. The highest BCUT2D eigenvalue weighted by Gasteiger charge is 2.03. The van der Waals surface area contributed by atoms with Gasteiger partial charge in [-0.05, 0) is 41.0 Å². The third kappa shape index (κ3) is 2.99. The predicted octanol–water partition coefficient (Wildman–Crippen LogP) is 4.34. The average Bonchev–Trinajstić information content (AvgIpc) is 2.38. The molecule has 0 heterocycles. The van der Waals surface area contributed by atoms with E-state index in [1.165, 1.54) is 0 Å². The van der Waals surface area contributed by atoms with Crippen molar-refractivity contribution in [3.8, 4) is 0 Å². The summed E-state index contributed by atoms with van der Waals surface area (Å²) < 4.78 is 0. The average molecular weight is 305 g/mol. The standard InChI is InChI=1S/C15H13BrO2/c16-8-2-1-3-11-4-5-13-10-14(15(17)18)7-6-12(13)9-11/h1,3-7,9-10H,2,8H2,(H,17,18). The number of fused-ring (bicyclic) bond motifs is 1. The van der Waals surface area contributed by atoms with Crippen molar-refractivity contribution in [2.75, 3.05) is 5.33 Å². The summed E-state index contributed by atoms with van der Waals surface area (Å²) in [5.74, 6) is -0.891. The van der Waals surface area contributed by atoms with Gasteiger partial charge in [0.1, 0.15) is 0 Å². The zero-order valence-electron chi connectivity index (χ0n) is 9.77. The van der Waals surface area contributed by atoms with Crippen LogP contribution in [0.3, 0.4) is 0 Å². The summed E-state index contributed by atoms with van der Waals surface area (Å²) in [5.41, 5.74) is 1.46. The van der Waals surface area contributed by atoms with Crippen LogP contribution < -0.4 is 0 Å². The van der Waals surface area contributed by atoms with Gasteiger partial charge in [0.2, 0.25) is 0 Å². The maximum Gasteiger partial charge on any atom is 0.335 e. The number of rotatable bonds is 4. The first kappa shape index (κ1) is 12.8. The Morgan fingerprint density at radius 1 is 1.17 bits per heavy atom. The van der Waals surface area contributed by atoms with Crippen molar-refractivity contribution in [3.63, 3.8) is 0 Å². The van der Waals surface area contributed by atoms with Crippen LogP contribution in [0.25, 0.3) is 16.8 Å². The zero-order chi connectivity index (χ0) is 13.0. The molecule has 2 aromatic carbocycles. The Balaban J connectivity index is 2.35. The van der Waals surface area contributed by atoms with E-state index in [4.69, 9.17) is 5.11 Å². The normalized spacial score (nSPS) is 11.2. The Kier molecular flexibility index (Phi) is 4.15. The number of carbonyl (C=O) groups is 1. The van der Waals surface area contributed by atoms with Crippen molar-refractivity contribution < 1.29 is 9.90 Å². The quantitative estimate of drug-likeness (QED) is 0.853. The minimum absolute atomic E-state index is 0.324. The number of benzene rings is 2. The minimum Gasteiger partial charge on any atom is -0.478 e. The van der Waals surface area contributed by atoms with Gasteiger partial charge in [0.25, 0.3) is 0 Å². The van der Waals surface area contributed by atoms with Crippen molar-refractivity contribution in [2.45, 2.75) is 6.42 Å². The Bertz CT molecular complexity index is 602. The van der Waals surface area contributed by atoms with Gasteiger partial charge in [-0.3, -0.25) is 0 Å². The maximum atomic E-state index is 10.9. The first-order valence-electron chi connectivity index (χ1n) is 5.70. The second kappa shape index (κ2) is 5.83. The van der Waals surface area contributed by atoms with Crippen LogP contribution in [-0.2, 0) is 0 Å². The summed E-state index contributed by atoms with van der Waals surface area (Å²) >= 11 is 3.38. The van der Waals surface area contributed by atoms with Gasteiger partial charge in [0.05, 0.1) is 5.56 Å². The van der Waals surface area contributed by atoms with E-state index in [1.54, 1.807) is 12.1 Å². The van der Waals surface area contributed by atoms with Crippen LogP contribution in [0.15, 0.2) is 42.5 Å². The predicted molar refractivity (Wildman–Crippen MR) is 78.4 cm³/mol. The summed E-state index contributed by atoms with van der Waals surface area (Å²) in [5, 5.41) is 11.9. The molecule has 0 saturated carbocycles. The molecule has 92 valence electrons. The molecule has 2 rings (SSSR count). The van der Waals surface area contributed by atoms with E-state index in [1.807, 2.05) is 18.2 Å². The van der Waals surface area contributed by atoms with Crippen molar-refractivity contribution in [1.82, 2.24) is 0 Å². The monoisotopic (exact) mass is 304 g/mol. The Hall–Kier alpha value is -1.61. The van der Waals surface area contributed by atoms with Gasteiger partial charge >= 0.3 is 5.97 Å². The molecule has 0 radical (unpaired) electrons. The number of carboxylic acids is 1. The molecule has 18 heavy (non-hydrogen) atoms. The lowest BCUT2D eigenvalue weighted by Gasteiger charge is -2.01. The van der Waals surface area contributed by atoms with Crippen LogP contribution in [0.2, 0.25) is 0 Å². The van der Waals surface area contributed by atoms with Gasteiger partial charge in [0, 0.05) is 5.33 Å². The van der Waals surface area contributed by atoms with E-state index in [9.17, 15) is 4.79 Å². The number of aromatic carboxylic acids is 1. The molecular formula is C15H13BrO2.